The van der Waals surface area contributed by atoms with Gasteiger partial charge in [0.05, 0.1) is 12.2 Å². The normalized spacial score (nSPS) is 19.5. The van der Waals surface area contributed by atoms with E-state index >= 15 is 0 Å². The molecule has 0 bridgehead atoms. The van der Waals surface area contributed by atoms with E-state index in [-0.39, 0.29) is 12.1 Å². The van der Waals surface area contributed by atoms with E-state index in [0.29, 0.717) is 12.6 Å². The molecule has 2 aliphatic rings. The number of ether oxygens (including phenoxy) is 1. The summed E-state index contributed by atoms with van der Waals surface area (Å²) in [5.74, 6) is 0.828. The van der Waals surface area contributed by atoms with Crippen LogP contribution in [0, 0.1) is 0 Å². The second-order valence-corrected chi connectivity index (χ2v) is 8.15. The van der Waals surface area contributed by atoms with E-state index in [0.717, 1.165) is 41.4 Å². The van der Waals surface area contributed by atoms with Gasteiger partial charge >= 0.3 is 0 Å². The summed E-state index contributed by atoms with van der Waals surface area (Å²) < 4.78 is 5.74. The van der Waals surface area contributed by atoms with Crippen LogP contribution < -0.4 is 15.4 Å². The highest BCUT2D eigenvalue weighted by Gasteiger charge is 2.34. The summed E-state index contributed by atoms with van der Waals surface area (Å²) in [5, 5.41) is 7.64. The number of amides is 1. The second-order valence-electron chi connectivity index (χ2n) is 7.04. The van der Waals surface area contributed by atoms with Crippen LogP contribution in [-0.4, -0.2) is 30.0 Å². The van der Waals surface area contributed by atoms with Gasteiger partial charge in [0.2, 0.25) is 0 Å². The molecule has 0 unspecified atom stereocenters. The molecule has 2 aliphatic heterocycles. The molecule has 1 aromatic carbocycles. The predicted octanol–water partition coefficient (Wildman–Crippen LogP) is 3.77. The highest BCUT2D eigenvalue weighted by atomic mass is 32.1. The van der Waals surface area contributed by atoms with Crippen molar-refractivity contribution in [1.29, 1.82) is 0 Å². The summed E-state index contributed by atoms with van der Waals surface area (Å²) >= 11 is 1.73. The number of rotatable bonds is 4. The zero-order valence-corrected chi connectivity index (χ0v) is 16.3. The Morgan fingerprint density at radius 3 is 2.88 bits per heavy atom. The molecule has 2 N–H and O–H groups in total. The monoisotopic (exact) mass is 371 g/mol. The maximum Gasteiger partial charge on any atom is 0.256 e. The van der Waals surface area contributed by atoms with Crippen molar-refractivity contribution >= 4 is 22.2 Å². The Hall–Kier alpha value is -2.05. The molecule has 4 rings (SSSR count). The number of nitrogens with zero attached hydrogens (tertiary/aromatic N) is 1. The van der Waals surface area contributed by atoms with Crippen molar-refractivity contribution in [2.45, 2.75) is 45.9 Å². The summed E-state index contributed by atoms with van der Waals surface area (Å²) in [5.41, 5.74) is 3.03. The fourth-order valence-electron chi connectivity index (χ4n) is 3.74. The summed E-state index contributed by atoms with van der Waals surface area (Å²) in [6.45, 7) is 8.96. The van der Waals surface area contributed by atoms with Gasteiger partial charge in [-0.05, 0) is 38.8 Å². The third-order valence-corrected chi connectivity index (χ3v) is 6.27. The summed E-state index contributed by atoms with van der Waals surface area (Å²) in [6, 6.07) is 8.40. The molecule has 5 nitrogen and oxygen atoms in total. The van der Waals surface area contributed by atoms with Crippen LogP contribution in [0.3, 0.4) is 0 Å². The topological polar surface area (TPSA) is 53.6 Å². The molecule has 138 valence electrons. The molecule has 2 aromatic rings. The minimum absolute atomic E-state index is 0.0190. The lowest BCUT2D eigenvalue weighted by Crippen LogP contribution is -2.39. The van der Waals surface area contributed by atoms with Crippen molar-refractivity contribution < 1.29 is 9.53 Å². The molecule has 1 aromatic heterocycles. The minimum Gasteiger partial charge on any atom is -0.493 e. The van der Waals surface area contributed by atoms with E-state index in [1.165, 1.54) is 10.4 Å². The standard InChI is InChI=1S/C20H25N3O2S/c1-4-25-15-8-6-5-7-13(15)18-21-19(24)17-14-9-10-23(12(2)3)11-16(14)26-20(17)22-18/h5-8,12,18,22H,4,9-11H2,1-3H3,(H,21,24)/t18-/m1/s1. The number of anilines is 1. The lowest BCUT2D eigenvalue weighted by Gasteiger charge is -2.31. The number of hydrogen-bond acceptors (Lipinski definition) is 5. The van der Waals surface area contributed by atoms with Crippen molar-refractivity contribution in [3.8, 4) is 5.75 Å². The van der Waals surface area contributed by atoms with Crippen molar-refractivity contribution in [1.82, 2.24) is 10.2 Å². The molecule has 0 radical (unpaired) electrons. The van der Waals surface area contributed by atoms with Crippen LogP contribution in [-0.2, 0) is 13.0 Å². The van der Waals surface area contributed by atoms with Crippen LogP contribution in [0.2, 0.25) is 0 Å². The fraction of sp³-hybridized carbons (Fsp3) is 0.450. The highest BCUT2D eigenvalue weighted by molar-refractivity contribution is 7.16. The van der Waals surface area contributed by atoms with Gasteiger partial charge in [0.25, 0.3) is 5.91 Å². The lowest BCUT2D eigenvalue weighted by molar-refractivity contribution is 0.0934. The van der Waals surface area contributed by atoms with Crippen LogP contribution in [0.5, 0.6) is 5.75 Å². The third kappa shape index (κ3) is 2.97. The highest BCUT2D eigenvalue weighted by Crippen LogP contribution is 2.41. The smallest absolute Gasteiger partial charge is 0.256 e. The lowest BCUT2D eigenvalue weighted by atomic mass is 9.99. The van der Waals surface area contributed by atoms with Gasteiger partial charge in [0.1, 0.15) is 16.9 Å². The average Bonchev–Trinajstić information content (AvgIpc) is 3.00. The van der Waals surface area contributed by atoms with E-state index in [4.69, 9.17) is 4.74 Å². The van der Waals surface area contributed by atoms with Gasteiger partial charge < -0.3 is 15.4 Å². The number of hydrogen-bond donors (Lipinski definition) is 2. The zero-order valence-electron chi connectivity index (χ0n) is 15.5. The first-order chi connectivity index (χ1) is 12.6. The van der Waals surface area contributed by atoms with Gasteiger partial charge in [-0.3, -0.25) is 9.69 Å². The number of carbonyl (C=O) groups is 1. The molecule has 0 spiro atoms. The number of fused-ring (bicyclic) bond motifs is 3. The van der Waals surface area contributed by atoms with Crippen molar-refractivity contribution in [3.05, 3.63) is 45.8 Å². The zero-order chi connectivity index (χ0) is 18.3. The van der Waals surface area contributed by atoms with Gasteiger partial charge in [-0.15, -0.1) is 11.3 Å². The maximum atomic E-state index is 12.9. The average molecular weight is 372 g/mol. The van der Waals surface area contributed by atoms with E-state index in [1.807, 2.05) is 31.2 Å². The maximum absolute atomic E-state index is 12.9. The molecule has 0 fully saturated rings. The molecule has 0 aliphatic carbocycles. The molecule has 1 atom stereocenters. The first-order valence-electron chi connectivity index (χ1n) is 9.26. The molecule has 1 amide bonds. The largest absolute Gasteiger partial charge is 0.493 e. The molecule has 0 saturated carbocycles. The van der Waals surface area contributed by atoms with Crippen molar-refractivity contribution in [3.63, 3.8) is 0 Å². The molecular formula is C20H25N3O2S. The summed E-state index contributed by atoms with van der Waals surface area (Å²) in [4.78, 5) is 16.7. The van der Waals surface area contributed by atoms with Gasteiger partial charge in [-0.1, -0.05) is 18.2 Å². The molecule has 6 heteroatoms. The van der Waals surface area contributed by atoms with Crippen LogP contribution in [0.4, 0.5) is 5.00 Å². The van der Waals surface area contributed by atoms with Gasteiger partial charge in [0.15, 0.2) is 0 Å². The van der Waals surface area contributed by atoms with E-state index in [2.05, 4.69) is 29.4 Å². The van der Waals surface area contributed by atoms with Crippen LogP contribution in [0.15, 0.2) is 24.3 Å². The van der Waals surface area contributed by atoms with Gasteiger partial charge in [0, 0.05) is 29.6 Å². The van der Waals surface area contributed by atoms with E-state index in [9.17, 15) is 4.79 Å². The molecule has 26 heavy (non-hydrogen) atoms. The number of thiophene rings is 1. The van der Waals surface area contributed by atoms with Gasteiger partial charge in [-0.25, -0.2) is 0 Å². The molecular weight excluding hydrogens is 346 g/mol. The van der Waals surface area contributed by atoms with E-state index < -0.39 is 0 Å². The first-order valence-corrected chi connectivity index (χ1v) is 10.1. The quantitative estimate of drug-likeness (QED) is 0.859. The number of benzene rings is 1. The fourth-order valence-corrected chi connectivity index (χ4v) is 5.04. The minimum atomic E-state index is -0.265. The molecule has 0 saturated heterocycles. The number of carbonyl (C=O) groups excluding carboxylic acids is 1. The Morgan fingerprint density at radius 1 is 1.31 bits per heavy atom. The van der Waals surface area contributed by atoms with Crippen LogP contribution in [0.25, 0.3) is 0 Å². The van der Waals surface area contributed by atoms with E-state index in [1.54, 1.807) is 11.3 Å². The Bertz CT molecular complexity index is 830. The Morgan fingerprint density at radius 2 is 2.12 bits per heavy atom. The van der Waals surface area contributed by atoms with Crippen molar-refractivity contribution in [2.24, 2.45) is 0 Å². The van der Waals surface area contributed by atoms with Crippen LogP contribution in [0.1, 0.15) is 53.3 Å². The van der Waals surface area contributed by atoms with Crippen molar-refractivity contribution in [2.75, 3.05) is 18.5 Å². The third-order valence-electron chi connectivity index (χ3n) is 5.12. The Labute approximate surface area is 158 Å². The Balaban J connectivity index is 1.65. The SMILES string of the molecule is CCOc1ccccc1[C@@H]1NC(=O)c2c(sc3c2CCN(C(C)C)C3)N1. The number of nitrogens with one attached hydrogen (secondary N) is 2. The second kappa shape index (κ2) is 6.93. The summed E-state index contributed by atoms with van der Waals surface area (Å²) in [7, 11) is 0. The van der Waals surface area contributed by atoms with Gasteiger partial charge in [-0.2, -0.15) is 0 Å². The molecule has 3 heterocycles. The Kier molecular flexibility index (Phi) is 4.63. The summed E-state index contributed by atoms with van der Waals surface area (Å²) in [6.07, 6.45) is 0.674. The number of para-hydroxylation sites is 1. The van der Waals surface area contributed by atoms with Crippen LogP contribution >= 0.6 is 11.3 Å². The first kappa shape index (κ1) is 17.4. The predicted molar refractivity (Wildman–Crippen MR) is 105 cm³/mol.